The number of anilines is 1. The second-order valence-electron chi connectivity index (χ2n) is 4.08. The lowest BCUT2D eigenvalue weighted by Gasteiger charge is -2.15. The van der Waals surface area contributed by atoms with E-state index in [1.807, 2.05) is 6.92 Å². The van der Waals surface area contributed by atoms with Gasteiger partial charge in [0.15, 0.2) is 0 Å². The maximum atomic E-state index is 11.7. The SMILES string of the molecule is CCC(CC)Cn1cc(N)c(C)cc1=O. The van der Waals surface area contributed by atoms with Gasteiger partial charge in [0, 0.05) is 18.8 Å². The number of rotatable bonds is 4. The van der Waals surface area contributed by atoms with Gasteiger partial charge in [-0.3, -0.25) is 4.79 Å². The Hall–Kier alpha value is -1.25. The zero-order valence-corrected chi connectivity index (χ0v) is 9.79. The van der Waals surface area contributed by atoms with Gasteiger partial charge >= 0.3 is 0 Å². The maximum Gasteiger partial charge on any atom is 0.250 e. The van der Waals surface area contributed by atoms with Crippen molar-refractivity contribution in [3.05, 3.63) is 28.2 Å². The fourth-order valence-electron chi connectivity index (χ4n) is 1.65. The number of aryl methyl sites for hydroxylation is 1. The molecule has 3 nitrogen and oxygen atoms in total. The first-order valence-electron chi connectivity index (χ1n) is 5.55. The van der Waals surface area contributed by atoms with Crippen molar-refractivity contribution in [2.75, 3.05) is 5.73 Å². The second kappa shape index (κ2) is 5.01. The molecule has 0 aliphatic heterocycles. The Morgan fingerprint density at radius 1 is 1.40 bits per heavy atom. The van der Waals surface area contributed by atoms with E-state index in [1.165, 1.54) is 0 Å². The van der Waals surface area contributed by atoms with Crippen LogP contribution in [0.15, 0.2) is 17.1 Å². The Labute approximate surface area is 90.9 Å². The predicted molar refractivity (Wildman–Crippen MR) is 63.9 cm³/mol. The van der Waals surface area contributed by atoms with Crippen LogP contribution >= 0.6 is 0 Å². The van der Waals surface area contributed by atoms with Crippen LogP contribution in [0.4, 0.5) is 5.69 Å². The van der Waals surface area contributed by atoms with Gasteiger partial charge in [-0.15, -0.1) is 0 Å². The molecule has 0 amide bonds. The monoisotopic (exact) mass is 208 g/mol. The molecule has 0 unspecified atom stereocenters. The molecule has 1 rings (SSSR count). The molecule has 15 heavy (non-hydrogen) atoms. The van der Waals surface area contributed by atoms with E-state index in [1.54, 1.807) is 16.8 Å². The topological polar surface area (TPSA) is 48.0 Å². The van der Waals surface area contributed by atoms with Crippen LogP contribution in [0.3, 0.4) is 0 Å². The fraction of sp³-hybridized carbons (Fsp3) is 0.583. The lowest BCUT2D eigenvalue weighted by Crippen LogP contribution is -2.23. The Balaban J connectivity index is 2.95. The van der Waals surface area contributed by atoms with Crippen LogP contribution in [0.2, 0.25) is 0 Å². The van der Waals surface area contributed by atoms with E-state index in [4.69, 9.17) is 5.73 Å². The molecule has 0 atom stereocenters. The van der Waals surface area contributed by atoms with Crippen molar-refractivity contribution in [2.24, 2.45) is 5.92 Å². The Morgan fingerprint density at radius 3 is 2.53 bits per heavy atom. The summed E-state index contributed by atoms with van der Waals surface area (Å²) in [6, 6.07) is 1.61. The van der Waals surface area contributed by atoms with Crippen molar-refractivity contribution >= 4 is 5.69 Å². The molecule has 3 heteroatoms. The smallest absolute Gasteiger partial charge is 0.250 e. The standard InChI is InChI=1S/C12H20N2O/c1-4-10(5-2)7-14-8-11(13)9(3)6-12(14)15/h6,8,10H,4-5,7,13H2,1-3H3. The van der Waals surface area contributed by atoms with E-state index in [-0.39, 0.29) is 5.56 Å². The molecule has 84 valence electrons. The van der Waals surface area contributed by atoms with E-state index in [2.05, 4.69) is 13.8 Å². The molecule has 0 aromatic carbocycles. The predicted octanol–water partition coefficient (Wildman–Crippen LogP) is 2.18. The highest BCUT2D eigenvalue weighted by atomic mass is 16.1. The highest BCUT2D eigenvalue weighted by Crippen LogP contribution is 2.11. The van der Waals surface area contributed by atoms with Crippen LogP contribution in [-0.4, -0.2) is 4.57 Å². The zero-order valence-electron chi connectivity index (χ0n) is 9.79. The third-order valence-electron chi connectivity index (χ3n) is 2.98. The molecule has 0 fully saturated rings. The van der Waals surface area contributed by atoms with E-state index in [0.29, 0.717) is 11.6 Å². The van der Waals surface area contributed by atoms with Crippen molar-refractivity contribution in [3.63, 3.8) is 0 Å². The number of hydrogen-bond acceptors (Lipinski definition) is 2. The summed E-state index contributed by atoms with van der Waals surface area (Å²) in [5.41, 5.74) is 7.39. The minimum atomic E-state index is 0.0496. The number of aromatic nitrogens is 1. The summed E-state index contributed by atoms with van der Waals surface area (Å²) in [6.45, 7) is 6.93. The quantitative estimate of drug-likeness (QED) is 0.824. The molecule has 1 aromatic rings. The van der Waals surface area contributed by atoms with Gasteiger partial charge in [-0.25, -0.2) is 0 Å². The summed E-state index contributed by atoms with van der Waals surface area (Å²) in [7, 11) is 0. The minimum absolute atomic E-state index is 0.0496. The maximum absolute atomic E-state index is 11.7. The molecule has 0 radical (unpaired) electrons. The number of pyridine rings is 1. The average molecular weight is 208 g/mol. The van der Waals surface area contributed by atoms with Crippen molar-refractivity contribution in [1.82, 2.24) is 4.57 Å². The third kappa shape index (κ3) is 2.85. The molecule has 0 bridgehead atoms. The van der Waals surface area contributed by atoms with Crippen LogP contribution in [0, 0.1) is 12.8 Å². The van der Waals surface area contributed by atoms with Gasteiger partial charge in [0.2, 0.25) is 0 Å². The first kappa shape index (κ1) is 11.8. The van der Waals surface area contributed by atoms with Crippen molar-refractivity contribution < 1.29 is 0 Å². The first-order valence-corrected chi connectivity index (χ1v) is 5.55. The summed E-state index contributed by atoms with van der Waals surface area (Å²) < 4.78 is 1.72. The lowest BCUT2D eigenvalue weighted by atomic mass is 10.0. The number of nitrogens with zero attached hydrogens (tertiary/aromatic N) is 1. The molecule has 0 saturated carbocycles. The van der Waals surface area contributed by atoms with E-state index < -0.39 is 0 Å². The molecular formula is C12H20N2O. The Morgan fingerprint density at radius 2 is 2.00 bits per heavy atom. The number of nitrogen functional groups attached to an aromatic ring is 1. The number of hydrogen-bond donors (Lipinski definition) is 1. The van der Waals surface area contributed by atoms with Gasteiger partial charge < -0.3 is 10.3 Å². The molecule has 2 N–H and O–H groups in total. The molecule has 0 aliphatic rings. The van der Waals surface area contributed by atoms with Gasteiger partial charge in [-0.1, -0.05) is 26.7 Å². The normalized spacial score (nSPS) is 10.9. The summed E-state index contributed by atoms with van der Waals surface area (Å²) >= 11 is 0. The molecule has 1 aromatic heterocycles. The molecular weight excluding hydrogens is 188 g/mol. The Bertz CT molecular complexity index is 378. The largest absolute Gasteiger partial charge is 0.397 e. The molecule has 1 heterocycles. The Kier molecular flexibility index (Phi) is 3.95. The third-order valence-corrected chi connectivity index (χ3v) is 2.98. The van der Waals surface area contributed by atoms with Crippen LogP contribution in [-0.2, 0) is 6.54 Å². The van der Waals surface area contributed by atoms with Gasteiger partial charge in [0.1, 0.15) is 0 Å². The lowest BCUT2D eigenvalue weighted by molar-refractivity contribution is 0.412. The van der Waals surface area contributed by atoms with E-state index in [0.717, 1.165) is 24.9 Å². The van der Waals surface area contributed by atoms with E-state index >= 15 is 0 Å². The molecule has 0 aliphatic carbocycles. The van der Waals surface area contributed by atoms with Gasteiger partial charge in [0.05, 0.1) is 5.69 Å². The van der Waals surface area contributed by atoms with Crippen molar-refractivity contribution in [3.8, 4) is 0 Å². The van der Waals surface area contributed by atoms with Gasteiger partial charge in [-0.05, 0) is 18.4 Å². The average Bonchev–Trinajstić information content (AvgIpc) is 2.21. The van der Waals surface area contributed by atoms with Crippen LogP contribution in [0.5, 0.6) is 0 Å². The highest BCUT2D eigenvalue weighted by molar-refractivity contribution is 5.42. The van der Waals surface area contributed by atoms with E-state index in [9.17, 15) is 4.79 Å². The van der Waals surface area contributed by atoms with Crippen LogP contribution in [0.1, 0.15) is 32.3 Å². The summed E-state index contributed by atoms with van der Waals surface area (Å²) in [6.07, 6.45) is 3.95. The summed E-state index contributed by atoms with van der Waals surface area (Å²) in [5, 5.41) is 0. The minimum Gasteiger partial charge on any atom is -0.397 e. The second-order valence-corrected chi connectivity index (χ2v) is 4.08. The van der Waals surface area contributed by atoms with Gasteiger partial charge in [-0.2, -0.15) is 0 Å². The highest BCUT2D eigenvalue weighted by Gasteiger charge is 2.07. The van der Waals surface area contributed by atoms with Crippen LogP contribution in [0.25, 0.3) is 0 Å². The molecule has 0 spiro atoms. The van der Waals surface area contributed by atoms with Crippen molar-refractivity contribution in [1.29, 1.82) is 0 Å². The van der Waals surface area contributed by atoms with Crippen molar-refractivity contribution in [2.45, 2.75) is 40.2 Å². The molecule has 0 saturated heterocycles. The zero-order chi connectivity index (χ0) is 11.4. The van der Waals surface area contributed by atoms with Gasteiger partial charge in [0.25, 0.3) is 5.56 Å². The fourth-order valence-corrected chi connectivity index (χ4v) is 1.65. The number of nitrogens with two attached hydrogens (primary N) is 1. The van der Waals surface area contributed by atoms with Crippen LogP contribution < -0.4 is 11.3 Å². The summed E-state index contributed by atoms with van der Waals surface area (Å²) in [5.74, 6) is 0.560. The summed E-state index contributed by atoms with van der Waals surface area (Å²) in [4.78, 5) is 11.7. The first-order chi connectivity index (χ1) is 7.08.